The second-order valence-electron chi connectivity index (χ2n) is 6.55. The molecule has 0 spiro atoms. The van der Waals surface area contributed by atoms with Crippen LogP contribution >= 0.6 is 0 Å². The van der Waals surface area contributed by atoms with Crippen LogP contribution in [0.3, 0.4) is 0 Å². The molecule has 4 bridgehead atoms. The Bertz CT molecular complexity index is 819. The van der Waals surface area contributed by atoms with Gasteiger partial charge in [0.15, 0.2) is 4.98 Å². The lowest BCUT2D eigenvalue weighted by atomic mass is 9.87. The lowest BCUT2D eigenvalue weighted by molar-refractivity contribution is 0.368. The van der Waals surface area contributed by atoms with Gasteiger partial charge in [-0.1, -0.05) is 0 Å². The average molecular weight is 380 g/mol. The highest BCUT2D eigenvalue weighted by Gasteiger charge is 2.20. The number of fused-ring (bicyclic) bond motifs is 4. The smallest absolute Gasteiger partial charge is 0.497 e. The molecule has 0 aromatic heterocycles. The van der Waals surface area contributed by atoms with Crippen molar-refractivity contribution < 1.29 is 22.0 Å². The first-order valence-corrected chi connectivity index (χ1v) is 8.63. The molecule has 0 unspecified atom stereocenters. The molecule has 0 atom stereocenters. The molecule has 0 aliphatic heterocycles. The second-order valence-corrected chi connectivity index (χ2v) is 6.55. The number of diazo groups is 1. The van der Waals surface area contributed by atoms with Gasteiger partial charge in [0.2, 0.25) is 5.39 Å². The maximum Gasteiger partial charge on any atom is 0.673 e. The van der Waals surface area contributed by atoms with Crippen LogP contribution in [0.1, 0.15) is 33.4 Å². The van der Waals surface area contributed by atoms with Crippen molar-refractivity contribution in [2.75, 3.05) is 7.11 Å². The second kappa shape index (κ2) is 8.42. The summed E-state index contributed by atoms with van der Waals surface area (Å²) in [6.07, 6.45) is 3.86. The van der Waals surface area contributed by atoms with E-state index >= 15 is 0 Å². The fourth-order valence-electron chi connectivity index (χ4n) is 3.38. The van der Waals surface area contributed by atoms with Crippen LogP contribution in [0.5, 0.6) is 5.75 Å². The first-order valence-electron chi connectivity index (χ1n) is 8.63. The zero-order valence-electron chi connectivity index (χ0n) is 15.5. The van der Waals surface area contributed by atoms with E-state index in [9.17, 15) is 17.3 Å². The van der Waals surface area contributed by atoms with Crippen LogP contribution in [-0.2, 0) is 25.7 Å². The van der Waals surface area contributed by atoms with Crippen LogP contribution in [0.15, 0.2) is 24.3 Å². The standard InChI is InChI=1S/C19H21N2O.BF4/c1-12-14-4-6-16-10-19(22-3)11-17(13(16)2)7-5-15(12)9-18(8-14)21-20;2-1(3,4)5/h8-11H,4-7H2,1-3H3;/q+1;-1. The van der Waals surface area contributed by atoms with Gasteiger partial charge in [-0.25, -0.2) is 0 Å². The molecule has 0 saturated carbocycles. The van der Waals surface area contributed by atoms with Crippen LogP contribution in [0.4, 0.5) is 23.0 Å². The maximum absolute atomic E-state index is 9.75. The molecular formula is C19H21BF4N2O. The van der Waals surface area contributed by atoms with Crippen molar-refractivity contribution in [3.63, 3.8) is 0 Å². The number of benzene rings is 2. The van der Waals surface area contributed by atoms with E-state index in [0.29, 0.717) is 5.69 Å². The Hall–Kier alpha value is -2.56. The minimum atomic E-state index is -6.00. The number of methoxy groups -OCH3 is 1. The molecular weight excluding hydrogens is 359 g/mol. The van der Waals surface area contributed by atoms with Gasteiger partial charge in [0.25, 0.3) is 0 Å². The quantitative estimate of drug-likeness (QED) is 0.347. The summed E-state index contributed by atoms with van der Waals surface area (Å²) < 4.78 is 44.5. The number of halogens is 4. The van der Waals surface area contributed by atoms with Gasteiger partial charge in [0, 0.05) is 12.1 Å². The topological polar surface area (TPSA) is 37.4 Å². The summed E-state index contributed by atoms with van der Waals surface area (Å²) in [6.45, 7) is 4.39. The summed E-state index contributed by atoms with van der Waals surface area (Å²) in [5.74, 6) is 0.947. The molecule has 3 rings (SSSR count). The predicted molar refractivity (Wildman–Crippen MR) is 98.7 cm³/mol. The average Bonchev–Trinajstić information content (AvgIpc) is 2.59. The molecule has 0 heterocycles. The van der Waals surface area contributed by atoms with E-state index in [4.69, 9.17) is 10.1 Å². The van der Waals surface area contributed by atoms with E-state index in [1.54, 1.807) is 7.11 Å². The van der Waals surface area contributed by atoms with Crippen LogP contribution < -0.4 is 4.74 Å². The third-order valence-electron chi connectivity index (χ3n) is 4.88. The van der Waals surface area contributed by atoms with Gasteiger partial charge in [0.05, 0.1) is 7.11 Å². The summed E-state index contributed by atoms with van der Waals surface area (Å²) >= 11 is 0. The van der Waals surface area contributed by atoms with Gasteiger partial charge in [-0.15, -0.1) is 0 Å². The fourth-order valence-corrected chi connectivity index (χ4v) is 3.38. The lowest BCUT2D eigenvalue weighted by Gasteiger charge is -2.18. The third kappa shape index (κ3) is 5.71. The summed E-state index contributed by atoms with van der Waals surface area (Å²) in [6, 6.07) is 8.29. The monoisotopic (exact) mass is 380 g/mol. The van der Waals surface area contributed by atoms with Crippen LogP contribution in [0.2, 0.25) is 0 Å². The van der Waals surface area contributed by atoms with Crippen molar-refractivity contribution in [1.29, 1.82) is 5.39 Å². The molecule has 0 saturated heterocycles. The maximum atomic E-state index is 9.75. The summed E-state index contributed by atoms with van der Waals surface area (Å²) in [5.41, 5.74) is 8.63. The normalized spacial score (nSPS) is 13.1. The van der Waals surface area contributed by atoms with Crippen molar-refractivity contribution in [2.45, 2.75) is 39.5 Å². The van der Waals surface area contributed by atoms with Gasteiger partial charge in [0.1, 0.15) is 5.75 Å². The highest BCUT2D eigenvalue weighted by molar-refractivity contribution is 6.50. The minimum Gasteiger partial charge on any atom is -0.497 e. The zero-order chi connectivity index (χ0) is 20.2. The molecule has 0 radical (unpaired) electrons. The first-order chi connectivity index (χ1) is 12.6. The minimum absolute atomic E-state index is 0.661. The fraction of sp³-hybridized carbons (Fsp3) is 0.368. The van der Waals surface area contributed by atoms with Gasteiger partial charge >= 0.3 is 12.9 Å². The van der Waals surface area contributed by atoms with Crippen molar-refractivity contribution in [3.8, 4) is 5.75 Å². The predicted octanol–water partition coefficient (Wildman–Crippen LogP) is 5.98. The Morgan fingerprint density at radius 2 is 1.15 bits per heavy atom. The molecule has 1 aliphatic carbocycles. The number of nitrogens with zero attached hydrogens (tertiary/aromatic N) is 2. The van der Waals surface area contributed by atoms with Gasteiger partial charge < -0.3 is 22.0 Å². The van der Waals surface area contributed by atoms with Crippen molar-refractivity contribution in [1.82, 2.24) is 0 Å². The van der Waals surface area contributed by atoms with Crippen molar-refractivity contribution in [3.05, 3.63) is 62.6 Å². The zero-order valence-corrected chi connectivity index (χ0v) is 15.5. The molecule has 2 aromatic carbocycles. The summed E-state index contributed by atoms with van der Waals surface area (Å²) in [5, 5.41) is 9.13. The van der Waals surface area contributed by atoms with Crippen molar-refractivity contribution in [2.24, 2.45) is 0 Å². The Labute approximate surface area is 156 Å². The summed E-state index contributed by atoms with van der Waals surface area (Å²) in [7, 11) is -4.27. The molecule has 144 valence electrons. The number of hydrogen-bond acceptors (Lipinski definition) is 2. The molecule has 0 N–H and O–H groups in total. The molecule has 27 heavy (non-hydrogen) atoms. The Morgan fingerprint density at radius 3 is 1.44 bits per heavy atom. The van der Waals surface area contributed by atoms with E-state index in [0.717, 1.165) is 31.4 Å². The number of aryl methyl sites for hydroxylation is 4. The molecule has 2 aromatic rings. The van der Waals surface area contributed by atoms with Crippen molar-refractivity contribution >= 4 is 12.9 Å². The third-order valence-corrected chi connectivity index (χ3v) is 4.88. The van der Waals surface area contributed by atoms with Gasteiger partial charge in [-0.05, 0) is 85.0 Å². The van der Waals surface area contributed by atoms with E-state index in [1.165, 1.54) is 33.4 Å². The van der Waals surface area contributed by atoms with Crippen LogP contribution in [0.25, 0.3) is 4.98 Å². The van der Waals surface area contributed by atoms with E-state index < -0.39 is 7.25 Å². The molecule has 0 amide bonds. The number of ether oxygens (including phenoxy) is 1. The lowest BCUT2D eigenvalue weighted by Crippen LogP contribution is -2.06. The van der Waals surface area contributed by atoms with E-state index in [-0.39, 0.29) is 0 Å². The Balaban J connectivity index is 0.000000465. The molecule has 1 aliphatic rings. The Morgan fingerprint density at radius 1 is 0.815 bits per heavy atom. The van der Waals surface area contributed by atoms with E-state index in [2.05, 4.69) is 31.0 Å². The van der Waals surface area contributed by atoms with Crippen LogP contribution in [-0.4, -0.2) is 14.4 Å². The van der Waals surface area contributed by atoms with Crippen LogP contribution in [0, 0.1) is 19.2 Å². The largest absolute Gasteiger partial charge is 0.673 e. The summed E-state index contributed by atoms with van der Waals surface area (Å²) in [4.78, 5) is 3.40. The number of rotatable bonds is 1. The molecule has 8 heteroatoms. The van der Waals surface area contributed by atoms with E-state index in [1.807, 2.05) is 12.1 Å². The highest BCUT2D eigenvalue weighted by Crippen LogP contribution is 2.30. The highest BCUT2D eigenvalue weighted by atomic mass is 19.5. The van der Waals surface area contributed by atoms with Gasteiger partial charge in [-0.3, -0.25) is 0 Å². The first kappa shape index (κ1) is 20.8. The molecule has 3 nitrogen and oxygen atoms in total. The Kier molecular flexibility index (Phi) is 6.47. The van der Waals surface area contributed by atoms with Gasteiger partial charge in [-0.2, -0.15) is 0 Å². The SMILES string of the molecule is COc1cc2c(C)c(c1)CCc1cc([N+]#N)cc(c1C)CC2.F[B-](F)(F)F. The number of hydrogen-bond donors (Lipinski definition) is 0. The molecule has 0 fully saturated rings.